The van der Waals surface area contributed by atoms with Crippen LogP contribution in [0.4, 0.5) is 5.69 Å². The lowest BCUT2D eigenvalue weighted by atomic mass is 10.2. The highest BCUT2D eigenvalue weighted by atomic mass is 16.5. The number of nitriles is 1. The van der Waals surface area contributed by atoms with Gasteiger partial charge in [-0.3, -0.25) is 9.59 Å². The van der Waals surface area contributed by atoms with Gasteiger partial charge < -0.3 is 10.1 Å². The molecule has 0 fully saturated rings. The molecule has 2 aromatic rings. The molecular weight excluding hydrogens is 280 g/mol. The van der Waals surface area contributed by atoms with E-state index in [-0.39, 0.29) is 5.91 Å². The van der Waals surface area contributed by atoms with E-state index in [1.54, 1.807) is 55.5 Å². The van der Waals surface area contributed by atoms with E-state index in [2.05, 4.69) is 5.32 Å². The van der Waals surface area contributed by atoms with E-state index in [1.165, 1.54) is 0 Å². The van der Waals surface area contributed by atoms with Crippen molar-refractivity contribution in [1.29, 1.82) is 5.26 Å². The Morgan fingerprint density at radius 2 is 2.00 bits per heavy atom. The van der Waals surface area contributed by atoms with Gasteiger partial charge in [-0.2, -0.15) is 5.26 Å². The van der Waals surface area contributed by atoms with E-state index >= 15 is 0 Å². The predicted molar refractivity (Wildman–Crippen MR) is 81.7 cm³/mol. The third-order valence-corrected chi connectivity index (χ3v) is 2.96. The summed E-state index contributed by atoms with van der Waals surface area (Å²) in [4.78, 5) is 22.6. The van der Waals surface area contributed by atoms with Gasteiger partial charge >= 0.3 is 0 Å². The number of carbonyl (C=O) groups is 2. The first-order valence-electron chi connectivity index (χ1n) is 6.65. The van der Waals surface area contributed by atoms with Gasteiger partial charge in [-0.15, -0.1) is 0 Å². The summed E-state index contributed by atoms with van der Waals surface area (Å²) >= 11 is 0. The van der Waals surface area contributed by atoms with E-state index in [0.29, 0.717) is 22.6 Å². The average molecular weight is 294 g/mol. The van der Waals surface area contributed by atoms with Gasteiger partial charge in [0, 0.05) is 11.3 Å². The van der Waals surface area contributed by atoms with Crippen LogP contribution in [0.25, 0.3) is 0 Å². The fraction of sp³-hybridized carbons (Fsp3) is 0.118. The van der Waals surface area contributed by atoms with Crippen molar-refractivity contribution in [2.24, 2.45) is 0 Å². The smallest absolute Gasteiger partial charge is 0.265 e. The maximum absolute atomic E-state index is 12.1. The number of nitrogens with zero attached hydrogens (tertiary/aromatic N) is 1. The summed E-state index contributed by atoms with van der Waals surface area (Å²) in [7, 11) is 0. The molecule has 0 bridgehead atoms. The van der Waals surface area contributed by atoms with Crippen LogP contribution < -0.4 is 10.1 Å². The molecule has 0 aromatic heterocycles. The Morgan fingerprint density at radius 3 is 2.64 bits per heavy atom. The number of rotatable bonds is 5. The second-order valence-corrected chi connectivity index (χ2v) is 4.63. The average Bonchev–Trinajstić information content (AvgIpc) is 2.55. The molecule has 0 heterocycles. The van der Waals surface area contributed by atoms with E-state index < -0.39 is 6.10 Å². The van der Waals surface area contributed by atoms with Crippen molar-refractivity contribution in [3.8, 4) is 11.8 Å². The van der Waals surface area contributed by atoms with Crippen LogP contribution in [-0.2, 0) is 4.79 Å². The Balaban J connectivity index is 1.99. The number of hydrogen-bond donors (Lipinski definition) is 1. The predicted octanol–water partition coefficient (Wildman–Crippen LogP) is 2.78. The van der Waals surface area contributed by atoms with E-state index in [4.69, 9.17) is 10.00 Å². The zero-order valence-electron chi connectivity index (χ0n) is 11.9. The van der Waals surface area contributed by atoms with Gasteiger partial charge in [-0.1, -0.05) is 6.07 Å². The first-order chi connectivity index (χ1) is 10.6. The highest BCUT2D eigenvalue weighted by Gasteiger charge is 2.15. The second-order valence-electron chi connectivity index (χ2n) is 4.63. The molecule has 5 nitrogen and oxygen atoms in total. The van der Waals surface area contributed by atoms with Gasteiger partial charge in [-0.25, -0.2) is 0 Å². The molecule has 0 radical (unpaired) electrons. The highest BCUT2D eigenvalue weighted by Crippen LogP contribution is 2.15. The molecule has 0 aliphatic rings. The van der Waals surface area contributed by atoms with Crippen molar-refractivity contribution in [3.05, 3.63) is 59.7 Å². The van der Waals surface area contributed by atoms with Crippen LogP contribution in [0.1, 0.15) is 22.8 Å². The standard InChI is InChI=1S/C17H14N2O3/c1-12(22-16-7-5-13(11-20)6-8-16)17(21)19-15-4-2-3-14(9-15)10-18/h2-9,11-12H,1H3,(H,19,21). The van der Waals surface area contributed by atoms with Gasteiger partial charge in [0.05, 0.1) is 11.6 Å². The summed E-state index contributed by atoms with van der Waals surface area (Å²) < 4.78 is 5.51. The molecule has 110 valence electrons. The highest BCUT2D eigenvalue weighted by molar-refractivity contribution is 5.94. The Bertz CT molecular complexity index is 717. The fourth-order valence-electron chi connectivity index (χ4n) is 1.79. The van der Waals surface area contributed by atoms with Crippen LogP contribution >= 0.6 is 0 Å². The lowest BCUT2D eigenvalue weighted by Crippen LogP contribution is -2.30. The number of nitrogens with one attached hydrogen (secondary N) is 1. The van der Waals surface area contributed by atoms with E-state index in [9.17, 15) is 9.59 Å². The molecule has 1 unspecified atom stereocenters. The molecule has 1 amide bonds. The molecule has 2 rings (SSSR count). The molecule has 0 spiro atoms. The number of amides is 1. The molecule has 22 heavy (non-hydrogen) atoms. The number of ether oxygens (including phenoxy) is 1. The number of aldehydes is 1. The summed E-state index contributed by atoms with van der Waals surface area (Å²) in [6.07, 6.45) is 0.0232. The van der Waals surface area contributed by atoms with Gasteiger partial charge in [0.1, 0.15) is 12.0 Å². The Kier molecular flexibility index (Phi) is 4.89. The van der Waals surface area contributed by atoms with Crippen molar-refractivity contribution in [3.63, 3.8) is 0 Å². The third-order valence-electron chi connectivity index (χ3n) is 2.96. The number of hydrogen-bond acceptors (Lipinski definition) is 4. The molecule has 0 saturated heterocycles. The summed E-state index contributed by atoms with van der Waals surface area (Å²) in [6, 6.07) is 15.1. The quantitative estimate of drug-likeness (QED) is 0.860. The first kappa shape index (κ1) is 15.3. The summed E-state index contributed by atoms with van der Waals surface area (Å²) in [5.74, 6) is 0.175. The van der Waals surface area contributed by atoms with Crippen LogP contribution in [0.5, 0.6) is 5.75 Å². The Hall–Kier alpha value is -3.13. The van der Waals surface area contributed by atoms with Crippen molar-refractivity contribution in [1.82, 2.24) is 0 Å². The van der Waals surface area contributed by atoms with E-state index in [1.807, 2.05) is 6.07 Å². The fourth-order valence-corrected chi connectivity index (χ4v) is 1.79. The minimum Gasteiger partial charge on any atom is -0.481 e. The topological polar surface area (TPSA) is 79.2 Å². The van der Waals surface area contributed by atoms with Gasteiger partial charge in [-0.05, 0) is 49.4 Å². The summed E-state index contributed by atoms with van der Waals surface area (Å²) in [5, 5.41) is 11.5. The van der Waals surface area contributed by atoms with Crippen LogP contribution in [-0.4, -0.2) is 18.3 Å². The van der Waals surface area contributed by atoms with Crippen LogP contribution in [0.3, 0.4) is 0 Å². The van der Waals surface area contributed by atoms with Gasteiger partial charge in [0.2, 0.25) is 0 Å². The molecule has 0 aliphatic heterocycles. The van der Waals surface area contributed by atoms with Gasteiger partial charge in [0.25, 0.3) is 5.91 Å². The number of anilines is 1. The lowest BCUT2D eigenvalue weighted by molar-refractivity contribution is -0.122. The zero-order valence-corrected chi connectivity index (χ0v) is 11.9. The van der Waals surface area contributed by atoms with Crippen molar-refractivity contribution in [2.45, 2.75) is 13.0 Å². The largest absolute Gasteiger partial charge is 0.481 e. The molecule has 0 aliphatic carbocycles. The van der Waals surface area contributed by atoms with Crippen LogP contribution in [0.15, 0.2) is 48.5 Å². The minimum atomic E-state index is -0.715. The van der Waals surface area contributed by atoms with Crippen LogP contribution in [0.2, 0.25) is 0 Å². The molecule has 5 heteroatoms. The second kappa shape index (κ2) is 7.04. The minimum absolute atomic E-state index is 0.324. The third kappa shape index (κ3) is 3.93. The molecule has 1 atom stereocenters. The number of carbonyl (C=O) groups excluding carboxylic acids is 2. The maximum atomic E-state index is 12.1. The monoisotopic (exact) mass is 294 g/mol. The zero-order chi connectivity index (χ0) is 15.9. The maximum Gasteiger partial charge on any atom is 0.265 e. The SMILES string of the molecule is CC(Oc1ccc(C=O)cc1)C(=O)Nc1cccc(C#N)c1. The summed E-state index contributed by atoms with van der Waals surface area (Å²) in [5.41, 5.74) is 1.55. The Labute approximate surface area is 128 Å². The molecular formula is C17H14N2O3. The lowest BCUT2D eigenvalue weighted by Gasteiger charge is -2.15. The van der Waals surface area contributed by atoms with Crippen molar-refractivity contribution >= 4 is 17.9 Å². The Morgan fingerprint density at radius 1 is 1.27 bits per heavy atom. The van der Waals surface area contributed by atoms with E-state index in [0.717, 1.165) is 6.29 Å². The normalized spacial score (nSPS) is 11.1. The molecule has 0 saturated carbocycles. The van der Waals surface area contributed by atoms with Crippen molar-refractivity contribution < 1.29 is 14.3 Å². The number of benzene rings is 2. The molecule has 2 aromatic carbocycles. The summed E-state index contributed by atoms with van der Waals surface area (Å²) in [6.45, 7) is 1.62. The molecule has 1 N–H and O–H groups in total. The van der Waals surface area contributed by atoms with Crippen molar-refractivity contribution in [2.75, 3.05) is 5.32 Å². The van der Waals surface area contributed by atoms with Gasteiger partial charge in [0.15, 0.2) is 6.10 Å². The van der Waals surface area contributed by atoms with Crippen LogP contribution in [0, 0.1) is 11.3 Å². The first-order valence-corrected chi connectivity index (χ1v) is 6.65.